The number of nitrogens with zero attached hydrogens (tertiary/aromatic N) is 2. The highest BCUT2D eigenvalue weighted by Gasteiger charge is 2.14. The van der Waals surface area contributed by atoms with Crippen molar-refractivity contribution in [1.29, 1.82) is 0 Å². The molecule has 3 nitrogen and oxygen atoms in total. The molecular formula is C13H22N2OS. The molecule has 96 valence electrons. The second-order valence-electron chi connectivity index (χ2n) is 4.21. The maximum Gasteiger partial charge on any atom is 0.246 e. The third-order valence-electron chi connectivity index (χ3n) is 2.87. The maximum absolute atomic E-state index is 11.7. The van der Waals surface area contributed by atoms with E-state index in [1.807, 2.05) is 32.5 Å². The van der Waals surface area contributed by atoms with Crippen molar-refractivity contribution in [2.45, 2.75) is 52.7 Å². The summed E-state index contributed by atoms with van der Waals surface area (Å²) in [6.45, 7) is 8.05. The van der Waals surface area contributed by atoms with Crippen molar-refractivity contribution < 1.29 is 4.79 Å². The highest BCUT2D eigenvalue weighted by Crippen LogP contribution is 2.20. The van der Waals surface area contributed by atoms with Gasteiger partial charge in [0.05, 0.1) is 5.69 Å². The maximum atomic E-state index is 11.7. The lowest BCUT2D eigenvalue weighted by molar-refractivity contribution is 0.0890. The van der Waals surface area contributed by atoms with E-state index in [4.69, 9.17) is 0 Å². The van der Waals surface area contributed by atoms with Gasteiger partial charge in [0.15, 0.2) is 0 Å². The summed E-state index contributed by atoms with van der Waals surface area (Å²) in [5.41, 5.74) is 3.24. The topological polar surface area (TPSA) is 34.9 Å². The zero-order chi connectivity index (χ0) is 12.8. The molecule has 0 aromatic carbocycles. The van der Waals surface area contributed by atoms with E-state index in [0.717, 1.165) is 17.1 Å². The van der Waals surface area contributed by atoms with E-state index >= 15 is 0 Å². The minimum Gasteiger partial charge on any atom is -0.273 e. The summed E-state index contributed by atoms with van der Waals surface area (Å²) >= 11 is 1.93. The highest BCUT2D eigenvalue weighted by atomic mass is 32.2. The van der Waals surface area contributed by atoms with Crippen molar-refractivity contribution in [3.05, 3.63) is 17.0 Å². The fraction of sp³-hybridized carbons (Fsp3) is 0.692. The monoisotopic (exact) mass is 254 g/mol. The molecule has 0 aliphatic rings. The first-order valence-electron chi connectivity index (χ1n) is 6.27. The largest absolute Gasteiger partial charge is 0.273 e. The van der Waals surface area contributed by atoms with Crippen molar-refractivity contribution in [2.24, 2.45) is 0 Å². The molecule has 0 bridgehead atoms. The van der Waals surface area contributed by atoms with E-state index < -0.39 is 0 Å². The number of hydrogen-bond donors (Lipinski definition) is 0. The van der Waals surface area contributed by atoms with Gasteiger partial charge in [-0.05, 0) is 26.0 Å². The van der Waals surface area contributed by atoms with Crippen molar-refractivity contribution in [3.8, 4) is 0 Å². The van der Waals surface area contributed by atoms with E-state index in [9.17, 15) is 4.79 Å². The molecule has 1 rings (SSSR count). The van der Waals surface area contributed by atoms with Gasteiger partial charge in [-0.25, -0.2) is 4.68 Å². The predicted molar refractivity (Wildman–Crippen MR) is 73.7 cm³/mol. The standard InChI is InChI=1S/C13H22N2OS/c1-5-7-8-17-9-12-10(3)14-15(11(12)4)13(16)6-2/h5-9H2,1-4H3. The van der Waals surface area contributed by atoms with Gasteiger partial charge in [0.25, 0.3) is 0 Å². The molecule has 0 aliphatic heterocycles. The van der Waals surface area contributed by atoms with E-state index in [0.29, 0.717) is 6.42 Å². The average molecular weight is 254 g/mol. The molecule has 0 unspecified atom stereocenters. The van der Waals surface area contributed by atoms with Crippen LogP contribution in [0.3, 0.4) is 0 Å². The SMILES string of the molecule is CCCCSCc1c(C)nn(C(=O)CC)c1C. The zero-order valence-corrected chi connectivity index (χ0v) is 12.1. The Bertz CT molecular complexity index is 385. The number of carbonyl (C=O) groups is 1. The van der Waals surface area contributed by atoms with Crippen LogP contribution in [0.4, 0.5) is 0 Å². The molecular weight excluding hydrogens is 232 g/mol. The van der Waals surface area contributed by atoms with Crippen LogP contribution < -0.4 is 0 Å². The number of thioether (sulfide) groups is 1. The van der Waals surface area contributed by atoms with Crippen molar-refractivity contribution in [2.75, 3.05) is 5.75 Å². The molecule has 0 saturated carbocycles. The number of unbranched alkanes of at least 4 members (excludes halogenated alkanes) is 1. The number of rotatable bonds is 6. The summed E-state index contributed by atoms with van der Waals surface area (Å²) in [6.07, 6.45) is 2.99. The van der Waals surface area contributed by atoms with Gasteiger partial charge in [-0.1, -0.05) is 20.3 Å². The smallest absolute Gasteiger partial charge is 0.246 e. The highest BCUT2D eigenvalue weighted by molar-refractivity contribution is 7.98. The van der Waals surface area contributed by atoms with Crippen LogP contribution in [0.1, 0.15) is 54.9 Å². The molecule has 0 N–H and O–H groups in total. The van der Waals surface area contributed by atoms with Crippen LogP contribution in [-0.2, 0) is 5.75 Å². The first-order valence-corrected chi connectivity index (χ1v) is 7.43. The Labute approximate surface area is 108 Å². The molecule has 0 atom stereocenters. The average Bonchev–Trinajstić information content (AvgIpc) is 2.60. The first kappa shape index (κ1) is 14.3. The zero-order valence-electron chi connectivity index (χ0n) is 11.2. The van der Waals surface area contributed by atoms with E-state index in [1.54, 1.807) is 4.68 Å². The summed E-state index contributed by atoms with van der Waals surface area (Å²) in [4.78, 5) is 11.7. The van der Waals surface area contributed by atoms with Gasteiger partial charge in [-0.3, -0.25) is 4.79 Å². The van der Waals surface area contributed by atoms with Gasteiger partial charge in [-0.15, -0.1) is 0 Å². The summed E-state index contributed by atoms with van der Waals surface area (Å²) < 4.78 is 1.56. The number of aromatic nitrogens is 2. The Morgan fingerprint density at radius 1 is 1.35 bits per heavy atom. The van der Waals surface area contributed by atoms with Crippen LogP contribution in [0.2, 0.25) is 0 Å². The Balaban J connectivity index is 2.72. The number of carbonyl (C=O) groups excluding carboxylic acids is 1. The van der Waals surface area contributed by atoms with Crippen LogP contribution in [0.15, 0.2) is 0 Å². The molecule has 0 saturated heterocycles. The molecule has 1 heterocycles. The van der Waals surface area contributed by atoms with Crippen LogP contribution in [0.25, 0.3) is 0 Å². The fourth-order valence-electron chi connectivity index (χ4n) is 1.70. The van der Waals surface area contributed by atoms with E-state index in [2.05, 4.69) is 12.0 Å². The Kier molecular flexibility index (Phi) is 5.75. The lowest BCUT2D eigenvalue weighted by atomic mass is 10.2. The lowest BCUT2D eigenvalue weighted by Crippen LogP contribution is -2.12. The van der Waals surface area contributed by atoms with Gasteiger partial charge in [0.1, 0.15) is 0 Å². The van der Waals surface area contributed by atoms with Gasteiger partial charge in [0, 0.05) is 23.4 Å². The molecule has 0 spiro atoms. The molecule has 0 aliphatic carbocycles. The third-order valence-corrected chi connectivity index (χ3v) is 3.94. The van der Waals surface area contributed by atoms with Gasteiger partial charge < -0.3 is 0 Å². The minimum absolute atomic E-state index is 0.0791. The first-order chi connectivity index (χ1) is 8.11. The normalized spacial score (nSPS) is 10.8. The summed E-state index contributed by atoms with van der Waals surface area (Å²) in [7, 11) is 0. The second-order valence-corrected chi connectivity index (χ2v) is 5.32. The molecule has 0 radical (unpaired) electrons. The Hall–Kier alpha value is -0.770. The van der Waals surface area contributed by atoms with Crippen LogP contribution in [0, 0.1) is 13.8 Å². The van der Waals surface area contributed by atoms with Gasteiger partial charge in [0.2, 0.25) is 5.91 Å². The molecule has 17 heavy (non-hydrogen) atoms. The van der Waals surface area contributed by atoms with Gasteiger partial charge >= 0.3 is 0 Å². The summed E-state index contributed by atoms with van der Waals surface area (Å²) in [5.74, 6) is 2.23. The molecule has 1 aromatic rings. The molecule has 4 heteroatoms. The molecule has 0 fully saturated rings. The molecule has 1 aromatic heterocycles. The predicted octanol–water partition coefficient (Wildman–Crippen LogP) is 3.58. The summed E-state index contributed by atoms with van der Waals surface area (Å²) in [6, 6.07) is 0. The number of hydrogen-bond acceptors (Lipinski definition) is 3. The van der Waals surface area contributed by atoms with Crippen LogP contribution in [-0.4, -0.2) is 21.4 Å². The summed E-state index contributed by atoms with van der Waals surface area (Å²) in [5, 5.41) is 4.33. The lowest BCUT2D eigenvalue weighted by Gasteiger charge is -2.03. The third kappa shape index (κ3) is 3.60. The van der Waals surface area contributed by atoms with Crippen molar-refractivity contribution in [3.63, 3.8) is 0 Å². The Morgan fingerprint density at radius 2 is 2.06 bits per heavy atom. The second kappa shape index (κ2) is 6.84. The number of aryl methyl sites for hydroxylation is 1. The fourth-order valence-corrected chi connectivity index (χ4v) is 2.96. The van der Waals surface area contributed by atoms with Crippen molar-refractivity contribution >= 4 is 17.7 Å². The quantitative estimate of drug-likeness (QED) is 0.728. The van der Waals surface area contributed by atoms with E-state index in [-0.39, 0.29) is 5.91 Å². The van der Waals surface area contributed by atoms with Crippen LogP contribution in [0.5, 0.6) is 0 Å². The van der Waals surface area contributed by atoms with Gasteiger partial charge in [-0.2, -0.15) is 16.9 Å². The van der Waals surface area contributed by atoms with E-state index in [1.165, 1.54) is 24.2 Å². The van der Waals surface area contributed by atoms with Crippen LogP contribution >= 0.6 is 11.8 Å². The minimum atomic E-state index is 0.0791. The Morgan fingerprint density at radius 3 is 2.65 bits per heavy atom. The molecule has 0 amide bonds. The van der Waals surface area contributed by atoms with Crippen molar-refractivity contribution in [1.82, 2.24) is 9.78 Å².